The van der Waals surface area contributed by atoms with Crippen LogP contribution in [0.15, 0.2) is 18.2 Å². The molecular formula is C30H47F5N4O3SSi. The van der Waals surface area contributed by atoms with Crippen LogP contribution in [-0.2, 0) is 27.2 Å². The summed E-state index contributed by atoms with van der Waals surface area (Å²) in [6, 6.07) is 5.12. The SMILES string of the molecule is C[C@@H](NC(=O)CCC(F)(F)F)c1ccc2c(c1)nc([C@@H](N[S@](=O)C(C)(C)C)C1CCC(F)(F)CC1)n2COCC[Si](C)(C)C. The molecule has 2 N–H and O–H groups in total. The number of carbonyl (C=O) groups is 1. The fourth-order valence-electron chi connectivity index (χ4n) is 5.04. The lowest BCUT2D eigenvalue weighted by atomic mass is 9.82. The molecule has 0 saturated heterocycles. The number of hydrogen-bond donors (Lipinski definition) is 2. The zero-order valence-electron chi connectivity index (χ0n) is 26.7. The largest absolute Gasteiger partial charge is 0.389 e. The van der Waals surface area contributed by atoms with Gasteiger partial charge in [0.25, 0.3) is 0 Å². The van der Waals surface area contributed by atoms with Gasteiger partial charge in [0.15, 0.2) is 0 Å². The predicted molar refractivity (Wildman–Crippen MR) is 166 cm³/mol. The fourth-order valence-corrected chi connectivity index (χ4v) is 6.68. The maximum absolute atomic E-state index is 14.2. The normalized spacial score (nSPS) is 18.7. The van der Waals surface area contributed by atoms with Gasteiger partial charge in [-0.3, -0.25) is 4.79 Å². The van der Waals surface area contributed by atoms with Crippen molar-refractivity contribution in [3.8, 4) is 0 Å². The lowest BCUT2D eigenvalue weighted by Crippen LogP contribution is -2.41. The summed E-state index contributed by atoms with van der Waals surface area (Å²) in [5, 5.41) is 2.62. The number of imidazole rings is 1. The van der Waals surface area contributed by atoms with Crippen molar-refractivity contribution < 1.29 is 35.7 Å². The van der Waals surface area contributed by atoms with Gasteiger partial charge < -0.3 is 14.6 Å². The molecule has 250 valence electrons. The monoisotopic (exact) mass is 666 g/mol. The molecule has 3 atom stereocenters. The molecule has 1 fully saturated rings. The number of carbonyl (C=O) groups excluding carboxylic acids is 1. The lowest BCUT2D eigenvalue weighted by Gasteiger charge is -2.35. The van der Waals surface area contributed by atoms with Crippen LogP contribution in [0.25, 0.3) is 11.0 Å². The van der Waals surface area contributed by atoms with Gasteiger partial charge in [0.2, 0.25) is 11.8 Å². The molecule has 2 aromatic rings. The second-order valence-corrected chi connectivity index (χ2v) is 21.7. The molecule has 1 heterocycles. The Balaban J connectivity index is 1.99. The number of hydrogen-bond acceptors (Lipinski definition) is 4. The highest BCUT2D eigenvalue weighted by Gasteiger charge is 2.41. The van der Waals surface area contributed by atoms with Gasteiger partial charge >= 0.3 is 6.18 Å². The van der Waals surface area contributed by atoms with E-state index >= 15 is 0 Å². The van der Waals surface area contributed by atoms with E-state index in [0.717, 1.165) is 6.04 Å². The van der Waals surface area contributed by atoms with Crippen LogP contribution in [0.1, 0.15) is 89.7 Å². The molecule has 1 aromatic heterocycles. The third kappa shape index (κ3) is 10.9. The summed E-state index contributed by atoms with van der Waals surface area (Å²) in [4.78, 5) is 17.1. The first-order valence-corrected chi connectivity index (χ1v) is 20.0. The summed E-state index contributed by atoms with van der Waals surface area (Å²) in [7, 11) is -2.89. The van der Waals surface area contributed by atoms with E-state index in [1.54, 1.807) is 19.1 Å². The molecule has 1 aliphatic carbocycles. The molecule has 0 unspecified atom stereocenters. The molecule has 14 heteroatoms. The number of rotatable bonds is 13. The minimum Gasteiger partial charge on any atom is -0.361 e. The van der Waals surface area contributed by atoms with Crippen LogP contribution in [0.2, 0.25) is 25.7 Å². The van der Waals surface area contributed by atoms with Gasteiger partial charge in [-0.2, -0.15) is 13.2 Å². The van der Waals surface area contributed by atoms with E-state index in [2.05, 4.69) is 29.7 Å². The Labute approximate surface area is 260 Å². The summed E-state index contributed by atoms with van der Waals surface area (Å²) in [6.07, 6.45) is -6.34. The second-order valence-electron chi connectivity index (χ2n) is 14.1. The van der Waals surface area contributed by atoms with Crippen LogP contribution in [0, 0.1) is 5.92 Å². The average molecular weight is 667 g/mol. The van der Waals surface area contributed by atoms with Crippen molar-refractivity contribution in [2.24, 2.45) is 5.92 Å². The average Bonchev–Trinajstić information content (AvgIpc) is 3.24. The Morgan fingerprint density at radius 1 is 1.18 bits per heavy atom. The minimum atomic E-state index is -4.42. The summed E-state index contributed by atoms with van der Waals surface area (Å²) < 4.78 is 90.0. The van der Waals surface area contributed by atoms with E-state index in [9.17, 15) is 31.0 Å². The standard InChI is InChI=1S/C30H47F5N4O3SSi/c1-20(36-25(40)12-15-30(33,34)35)22-8-9-24-23(18-22)37-27(39(24)19-42-16-17-44(5,6)7)26(38-43(41)28(2,3)4)21-10-13-29(31,32)14-11-21/h8-9,18,20-21,26,38H,10-17,19H2,1-7H3,(H,36,40)/t20-,26+,43-/m1/s1. The van der Waals surface area contributed by atoms with Crippen LogP contribution in [0.5, 0.6) is 0 Å². The van der Waals surface area contributed by atoms with Crippen molar-refractivity contribution in [1.29, 1.82) is 0 Å². The van der Waals surface area contributed by atoms with Gasteiger partial charge in [-0.05, 0) is 70.2 Å². The van der Waals surface area contributed by atoms with E-state index in [1.807, 2.05) is 31.4 Å². The first kappa shape index (κ1) is 36.6. The highest BCUT2D eigenvalue weighted by atomic mass is 32.2. The smallest absolute Gasteiger partial charge is 0.361 e. The molecule has 1 aromatic carbocycles. The molecule has 1 amide bonds. The highest BCUT2D eigenvalue weighted by molar-refractivity contribution is 7.84. The number of nitrogens with zero attached hydrogens (tertiary/aromatic N) is 2. The number of nitrogens with one attached hydrogen (secondary N) is 2. The van der Waals surface area contributed by atoms with E-state index < -0.39 is 66.7 Å². The topological polar surface area (TPSA) is 85.3 Å². The van der Waals surface area contributed by atoms with E-state index in [4.69, 9.17) is 9.72 Å². The molecule has 0 radical (unpaired) electrons. The number of fused-ring (bicyclic) bond motifs is 1. The van der Waals surface area contributed by atoms with Crippen LogP contribution in [-0.4, -0.2) is 51.2 Å². The molecule has 1 saturated carbocycles. The van der Waals surface area contributed by atoms with Crippen LogP contribution >= 0.6 is 0 Å². The van der Waals surface area contributed by atoms with E-state index in [-0.39, 0.29) is 38.3 Å². The molecule has 0 spiro atoms. The van der Waals surface area contributed by atoms with Gasteiger partial charge in [-0.25, -0.2) is 22.7 Å². The second kappa shape index (κ2) is 14.2. The first-order valence-electron chi connectivity index (χ1n) is 15.1. The molecule has 44 heavy (non-hydrogen) atoms. The number of halogens is 5. The van der Waals surface area contributed by atoms with Crippen LogP contribution < -0.4 is 10.0 Å². The molecule has 0 aliphatic heterocycles. The molecule has 1 aliphatic rings. The van der Waals surface area contributed by atoms with Gasteiger partial charge in [-0.15, -0.1) is 0 Å². The quantitative estimate of drug-likeness (QED) is 0.130. The molecular weight excluding hydrogens is 619 g/mol. The molecule has 7 nitrogen and oxygen atoms in total. The summed E-state index contributed by atoms with van der Waals surface area (Å²) in [6.45, 7) is 14.6. The number of benzene rings is 1. The predicted octanol–water partition coefficient (Wildman–Crippen LogP) is 7.79. The first-order chi connectivity index (χ1) is 20.2. The Bertz CT molecular complexity index is 1300. The minimum absolute atomic E-state index is 0.155. The molecule has 0 bridgehead atoms. The lowest BCUT2D eigenvalue weighted by molar-refractivity contribution is -0.144. The van der Waals surface area contributed by atoms with Crippen molar-refractivity contribution in [1.82, 2.24) is 19.6 Å². The Hall–Kier alpha value is -1.90. The van der Waals surface area contributed by atoms with E-state index in [1.165, 1.54) is 0 Å². The summed E-state index contributed by atoms with van der Waals surface area (Å²) >= 11 is 0. The third-order valence-corrected chi connectivity index (χ3v) is 11.1. The van der Waals surface area contributed by atoms with Crippen molar-refractivity contribution in [3.63, 3.8) is 0 Å². The van der Waals surface area contributed by atoms with Crippen molar-refractivity contribution in [2.75, 3.05) is 6.61 Å². The molecule has 3 rings (SSSR count). The van der Waals surface area contributed by atoms with Gasteiger partial charge in [0, 0.05) is 33.9 Å². The third-order valence-electron chi connectivity index (χ3n) is 7.83. The van der Waals surface area contributed by atoms with Crippen LogP contribution in [0.4, 0.5) is 22.0 Å². The Morgan fingerprint density at radius 3 is 2.39 bits per heavy atom. The zero-order chi connectivity index (χ0) is 33.1. The maximum Gasteiger partial charge on any atom is 0.389 e. The number of amides is 1. The number of alkyl halides is 5. The highest BCUT2D eigenvalue weighted by Crippen LogP contribution is 2.42. The fraction of sp³-hybridized carbons (Fsp3) is 0.733. The Kier molecular flexibility index (Phi) is 11.8. The maximum atomic E-state index is 14.2. The number of aromatic nitrogens is 2. The van der Waals surface area contributed by atoms with Gasteiger partial charge in [0.1, 0.15) is 12.6 Å². The number of ether oxygens (including phenoxy) is 1. The van der Waals surface area contributed by atoms with Gasteiger partial charge in [0.05, 0.1) is 45.3 Å². The summed E-state index contributed by atoms with van der Waals surface area (Å²) in [5.41, 5.74) is 1.91. The van der Waals surface area contributed by atoms with Crippen molar-refractivity contribution in [3.05, 3.63) is 29.6 Å². The van der Waals surface area contributed by atoms with E-state index in [0.29, 0.717) is 29.0 Å². The summed E-state index contributed by atoms with van der Waals surface area (Å²) in [5.74, 6) is -3.16. The van der Waals surface area contributed by atoms with Crippen molar-refractivity contribution >= 4 is 36.0 Å². The Morgan fingerprint density at radius 2 is 1.82 bits per heavy atom. The van der Waals surface area contributed by atoms with Gasteiger partial charge in [-0.1, -0.05) is 25.7 Å². The van der Waals surface area contributed by atoms with Crippen LogP contribution in [0.3, 0.4) is 0 Å². The van der Waals surface area contributed by atoms with Crippen molar-refractivity contribution in [2.45, 2.75) is 128 Å². The zero-order valence-corrected chi connectivity index (χ0v) is 28.6.